The van der Waals surface area contributed by atoms with Crippen molar-refractivity contribution in [1.29, 1.82) is 0 Å². The molecule has 0 radical (unpaired) electrons. The summed E-state index contributed by atoms with van der Waals surface area (Å²) >= 11 is 0. The maximum absolute atomic E-state index is 10.8. The minimum atomic E-state index is -1.11. The van der Waals surface area contributed by atoms with Crippen molar-refractivity contribution in [2.24, 2.45) is 0 Å². The topological polar surface area (TPSA) is 81.7 Å². The molecule has 6 nitrogen and oxygen atoms in total. The fourth-order valence-electron chi connectivity index (χ4n) is 0.455. The molecular weight excluding hydrogens is 178 g/mol. The highest BCUT2D eigenvalue weighted by atomic mass is 16.5. The number of methoxy groups -OCH3 is 2. The number of nitrogens with one attached hydrogen (secondary N) is 1. The maximum Gasteiger partial charge on any atom is 0.396 e. The Morgan fingerprint density at radius 1 is 1.08 bits per heavy atom. The second-order valence-electron chi connectivity index (χ2n) is 1.92. The molecule has 0 aliphatic carbocycles. The summed E-state index contributed by atoms with van der Waals surface area (Å²) in [5, 5.41) is 1.90. The standard InChI is InChI=1S/C7H9NO5/c1-4(6(10)12-2)8-5(9)7(11)13-3/h1H2,2-3H3,(H,8,9). The molecule has 0 heterocycles. The Bertz CT molecular complexity index is 232. The van der Waals surface area contributed by atoms with Crippen LogP contribution in [-0.4, -0.2) is 32.1 Å². The zero-order valence-corrected chi connectivity index (χ0v) is 7.25. The van der Waals surface area contributed by atoms with Crippen LogP contribution in [0.4, 0.5) is 0 Å². The molecule has 0 atom stereocenters. The summed E-state index contributed by atoms with van der Waals surface area (Å²) in [5.74, 6) is -3.00. The van der Waals surface area contributed by atoms with Crippen molar-refractivity contribution in [1.82, 2.24) is 5.32 Å². The average molecular weight is 187 g/mol. The van der Waals surface area contributed by atoms with Crippen LogP contribution in [0.3, 0.4) is 0 Å². The maximum atomic E-state index is 10.8. The van der Waals surface area contributed by atoms with Crippen molar-refractivity contribution >= 4 is 17.8 Å². The average Bonchev–Trinajstić information content (AvgIpc) is 2.14. The van der Waals surface area contributed by atoms with E-state index in [9.17, 15) is 14.4 Å². The van der Waals surface area contributed by atoms with Crippen molar-refractivity contribution in [2.75, 3.05) is 14.2 Å². The molecule has 6 heteroatoms. The molecule has 0 aromatic carbocycles. The molecule has 0 aliphatic rings. The van der Waals surface area contributed by atoms with Crippen LogP contribution in [0.5, 0.6) is 0 Å². The van der Waals surface area contributed by atoms with Gasteiger partial charge in [0.05, 0.1) is 14.2 Å². The second-order valence-corrected chi connectivity index (χ2v) is 1.92. The molecule has 0 spiro atoms. The van der Waals surface area contributed by atoms with Gasteiger partial charge in [-0.25, -0.2) is 9.59 Å². The van der Waals surface area contributed by atoms with Gasteiger partial charge in [0.2, 0.25) is 0 Å². The first kappa shape index (κ1) is 11.2. The molecule has 0 aromatic heterocycles. The van der Waals surface area contributed by atoms with Crippen molar-refractivity contribution < 1.29 is 23.9 Å². The monoisotopic (exact) mass is 187 g/mol. The zero-order chi connectivity index (χ0) is 10.4. The van der Waals surface area contributed by atoms with E-state index >= 15 is 0 Å². The van der Waals surface area contributed by atoms with Crippen molar-refractivity contribution in [3.63, 3.8) is 0 Å². The Balaban J connectivity index is 4.15. The van der Waals surface area contributed by atoms with E-state index in [1.54, 1.807) is 0 Å². The van der Waals surface area contributed by atoms with E-state index in [0.717, 1.165) is 14.2 Å². The van der Waals surface area contributed by atoms with Crippen LogP contribution in [-0.2, 0) is 23.9 Å². The quantitative estimate of drug-likeness (QED) is 0.339. The highest BCUT2D eigenvalue weighted by molar-refractivity contribution is 6.33. The van der Waals surface area contributed by atoms with Crippen molar-refractivity contribution in [3.05, 3.63) is 12.3 Å². The Morgan fingerprint density at radius 2 is 1.54 bits per heavy atom. The molecule has 0 unspecified atom stereocenters. The Morgan fingerprint density at radius 3 is 1.92 bits per heavy atom. The summed E-state index contributed by atoms with van der Waals surface area (Å²) in [4.78, 5) is 32.0. The zero-order valence-electron chi connectivity index (χ0n) is 7.25. The van der Waals surface area contributed by atoms with Crippen LogP contribution >= 0.6 is 0 Å². The number of esters is 2. The number of rotatable bonds is 2. The van der Waals surface area contributed by atoms with Crippen LogP contribution in [0, 0.1) is 0 Å². The smallest absolute Gasteiger partial charge is 0.396 e. The van der Waals surface area contributed by atoms with E-state index in [0.29, 0.717) is 0 Å². The minimum absolute atomic E-state index is 0.321. The number of hydrogen-bond donors (Lipinski definition) is 1. The van der Waals surface area contributed by atoms with E-state index in [-0.39, 0.29) is 5.70 Å². The molecule has 1 amide bonds. The van der Waals surface area contributed by atoms with Gasteiger partial charge in [0.15, 0.2) is 0 Å². The molecule has 0 saturated heterocycles. The van der Waals surface area contributed by atoms with Crippen LogP contribution in [0.2, 0.25) is 0 Å². The van der Waals surface area contributed by atoms with Gasteiger partial charge in [-0.2, -0.15) is 0 Å². The lowest BCUT2D eigenvalue weighted by atomic mass is 10.4. The highest BCUT2D eigenvalue weighted by Crippen LogP contribution is 1.88. The fourth-order valence-corrected chi connectivity index (χ4v) is 0.455. The largest absolute Gasteiger partial charge is 0.464 e. The van der Waals surface area contributed by atoms with Crippen LogP contribution in [0.25, 0.3) is 0 Å². The van der Waals surface area contributed by atoms with Gasteiger partial charge >= 0.3 is 17.8 Å². The summed E-state index contributed by atoms with van der Waals surface area (Å²) in [6.45, 7) is 3.17. The first-order valence-corrected chi connectivity index (χ1v) is 3.19. The molecule has 0 fully saturated rings. The number of carbonyl (C=O) groups excluding carboxylic acids is 3. The Kier molecular flexibility index (Phi) is 4.21. The van der Waals surface area contributed by atoms with Gasteiger partial charge in [-0.1, -0.05) is 6.58 Å². The summed E-state index contributed by atoms with van der Waals surface area (Å²) in [7, 11) is 2.17. The summed E-state index contributed by atoms with van der Waals surface area (Å²) < 4.78 is 8.30. The molecule has 72 valence electrons. The minimum Gasteiger partial charge on any atom is -0.464 e. The lowest BCUT2D eigenvalue weighted by molar-refractivity contribution is -0.152. The molecule has 0 aliphatic heterocycles. The molecule has 0 saturated carbocycles. The Hall–Kier alpha value is -1.85. The summed E-state index contributed by atoms with van der Waals surface area (Å²) in [5.41, 5.74) is -0.321. The molecular formula is C7H9NO5. The third-order valence-electron chi connectivity index (χ3n) is 1.07. The van der Waals surface area contributed by atoms with Gasteiger partial charge in [-0.15, -0.1) is 0 Å². The molecule has 0 rings (SSSR count). The molecule has 0 aromatic rings. The predicted molar refractivity (Wildman–Crippen MR) is 41.3 cm³/mol. The molecule has 13 heavy (non-hydrogen) atoms. The van der Waals surface area contributed by atoms with Gasteiger partial charge in [0, 0.05) is 0 Å². The van der Waals surface area contributed by atoms with E-state index < -0.39 is 17.8 Å². The lowest BCUT2D eigenvalue weighted by Gasteiger charge is -2.03. The number of amides is 1. The van der Waals surface area contributed by atoms with Gasteiger partial charge in [-0.3, -0.25) is 4.79 Å². The summed E-state index contributed by atoms with van der Waals surface area (Å²) in [6, 6.07) is 0. The van der Waals surface area contributed by atoms with Gasteiger partial charge < -0.3 is 14.8 Å². The number of ether oxygens (including phenoxy) is 2. The second kappa shape index (κ2) is 4.91. The van der Waals surface area contributed by atoms with Crippen LogP contribution in [0.1, 0.15) is 0 Å². The fraction of sp³-hybridized carbons (Fsp3) is 0.286. The van der Waals surface area contributed by atoms with Gasteiger partial charge in [0.1, 0.15) is 5.70 Å². The lowest BCUT2D eigenvalue weighted by Crippen LogP contribution is -2.33. The van der Waals surface area contributed by atoms with E-state index in [1.165, 1.54) is 0 Å². The van der Waals surface area contributed by atoms with E-state index in [2.05, 4.69) is 16.1 Å². The van der Waals surface area contributed by atoms with Crippen LogP contribution in [0.15, 0.2) is 12.3 Å². The predicted octanol–water partition coefficient (Wildman–Crippen LogP) is -1.04. The van der Waals surface area contributed by atoms with Crippen molar-refractivity contribution in [3.8, 4) is 0 Å². The van der Waals surface area contributed by atoms with E-state index in [4.69, 9.17) is 0 Å². The third kappa shape index (κ3) is 3.37. The van der Waals surface area contributed by atoms with Gasteiger partial charge in [0.25, 0.3) is 0 Å². The van der Waals surface area contributed by atoms with Crippen LogP contribution < -0.4 is 5.32 Å². The van der Waals surface area contributed by atoms with E-state index in [1.807, 2.05) is 5.32 Å². The summed E-state index contributed by atoms with van der Waals surface area (Å²) in [6.07, 6.45) is 0. The Labute approximate surface area is 74.5 Å². The number of hydrogen-bond acceptors (Lipinski definition) is 5. The normalized spacial score (nSPS) is 8.46. The third-order valence-corrected chi connectivity index (χ3v) is 1.07. The molecule has 1 N–H and O–H groups in total. The first-order valence-electron chi connectivity index (χ1n) is 3.19. The SMILES string of the molecule is C=C(NC(=O)C(=O)OC)C(=O)OC. The first-order chi connectivity index (χ1) is 6.02. The van der Waals surface area contributed by atoms with Crippen molar-refractivity contribution in [2.45, 2.75) is 0 Å². The highest BCUT2D eigenvalue weighted by Gasteiger charge is 2.17. The molecule has 0 bridgehead atoms. The number of carbonyl (C=O) groups is 3. The van der Waals surface area contributed by atoms with Gasteiger partial charge in [-0.05, 0) is 0 Å².